The van der Waals surface area contributed by atoms with Crippen molar-refractivity contribution >= 4 is 28.3 Å². The standard InChI is InChI=1S/C20H24N4O2S/c1-3-13(2)24-18(26)15-9-5-4-8-14(15)16(20(24)10-6-7-11-20)17(25)22-19-23-21-12-27-19/h4-5,8-9,12-13,16H,3,6-7,10-11H2,1-2H3,(H,22,23,25). The molecule has 27 heavy (non-hydrogen) atoms. The quantitative estimate of drug-likeness (QED) is 0.869. The van der Waals surface area contributed by atoms with E-state index >= 15 is 0 Å². The van der Waals surface area contributed by atoms with E-state index in [4.69, 9.17) is 0 Å². The summed E-state index contributed by atoms with van der Waals surface area (Å²) in [6, 6.07) is 7.66. The summed E-state index contributed by atoms with van der Waals surface area (Å²) in [6.45, 7) is 4.18. The Kier molecular flexibility index (Phi) is 4.72. The van der Waals surface area contributed by atoms with E-state index in [9.17, 15) is 9.59 Å². The monoisotopic (exact) mass is 384 g/mol. The number of nitrogens with one attached hydrogen (secondary N) is 1. The molecule has 1 N–H and O–H groups in total. The molecule has 1 saturated carbocycles. The van der Waals surface area contributed by atoms with Gasteiger partial charge in [-0.25, -0.2) is 0 Å². The molecule has 2 unspecified atom stereocenters. The summed E-state index contributed by atoms with van der Waals surface area (Å²) in [4.78, 5) is 28.9. The van der Waals surface area contributed by atoms with Crippen LogP contribution in [0.2, 0.25) is 0 Å². The third kappa shape index (κ3) is 2.84. The molecule has 0 bridgehead atoms. The SMILES string of the molecule is CCC(C)N1C(=O)c2ccccc2C(C(=O)Nc2nncs2)C12CCCC2. The lowest BCUT2D eigenvalue weighted by Gasteiger charge is -2.52. The van der Waals surface area contributed by atoms with Gasteiger partial charge in [0, 0.05) is 11.6 Å². The Morgan fingerprint density at radius 3 is 2.78 bits per heavy atom. The Labute approximate surface area is 163 Å². The van der Waals surface area contributed by atoms with Gasteiger partial charge < -0.3 is 4.90 Å². The van der Waals surface area contributed by atoms with E-state index in [1.807, 2.05) is 29.2 Å². The molecule has 0 saturated heterocycles. The van der Waals surface area contributed by atoms with Crippen LogP contribution in [0.25, 0.3) is 0 Å². The van der Waals surface area contributed by atoms with Gasteiger partial charge >= 0.3 is 0 Å². The van der Waals surface area contributed by atoms with Crippen molar-refractivity contribution in [3.63, 3.8) is 0 Å². The number of hydrogen-bond donors (Lipinski definition) is 1. The van der Waals surface area contributed by atoms with Gasteiger partial charge in [0.25, 0.3) is 5.91 Å². The minimum Gasteiger partial charge on any atom is -0.329 e. The number of anilines is 1. The molecule has 7 heteroatoms. The van der Waals surface area contributed by atoms with Gasteiger partial charge in [0.05, 0.1) is 11.5 Å². The summed E-state index contributed by atoms with van der Waals surface area (Å²) in [7, 11) is 0. The molecule has 1 fully saturated rings. The van der Waals surface area contributed by atoms with Crippen LogP contribution in [0.5, 0.6) is 0 Å². The molecule has 1 aliphatic heterocycles. The van der Waals surface area contributed by atoms with Gasteiger partial charge in [0.1, 0.15) is 5.51 Å². The van der Waals surface area contributed by atoms with Crippen LogP contribution in [0, 0.1) is 0 Å². The highest BCUT2D eigenvalue weighted by Gasteiger charge is 2.56. The number of fused-ring (bicyclic) bond motifs is 1. The van der Waals surface area contributed by atoms with E-state index in [0.29, 0.717) is 10.7 Å². The van der Waals surface area contributed by atoms with E-state index < -0.39 is 11.5 Å². The zero-order valence-electron chi connectivity index (χ0n) is 15.6. The fraction of sp³-hybridized carbons (Fsp3) is 0.500. The van der Waals surface area contributed by atoms with Crippen molar-refractivity contribution in [1.82, 2.24) is 15.1 Å². The summed E-state index contributed by atoms with van der Waals surface area (Å²) in [6.07, 6.45) is 4.63. The lowest BCUT2D eigenvalue weighted by Crippen LogP contribution is -2.62. The second kappa shape index (κ2) is 7.03. The highest BCUT2D eigenvalue weighted by atomic mass is 32.1. The topological polar surface area (TPSA) is 75.2 Å². The predicted octanol–water partition coefficient (Wildman–Crippen LogP) is 3.83. The number of carbonyl (C=O) groups excluding carboxylic acids is 2. The summed E-state index contributed by atoms with van der Waals surface area (Å²) in [5.41, 5.74) is 2.62. The molecule has 0 radical (unpaired) electrons. The van der Waals surface area contributed by atoms with E-state index in [0.717, 1.165) is 37.7 Å². The molecule has 1 spiro atoms. The zero-order chi connectivity index (χ0) is 19.0. The summed E-state index contributed by atoms with van der Waals surface area (Å²) < 4.78 is 0. The number of aromatic nitrogens is 2. The first-order valence-electron chi connectivity index (χ1n) is 9.58. The Morgan fingerprint density at radius 2 is 2.11 bits per heavy atom. The highest BCUT2D eigenvalue weighted by molar-refractivity contribution is 7.13. The Bertz CT molecular complexity index is 845. The van der Waals surface area contributed by atoms with Crippen LogP contribution in [-0.2, 0) is 4.79 Å². The molecule has 6 nitrogen and oxygen atoms in total. The molecule has 2 aromatic rings. The minimum absolute atomic E-state index is 0.0572. The Hall–Kier alpha value is -2.28. The van der Waals surface area contributed by atoms with Crippen molar-refractivity contribution in [2.45, 2.75) is 63.5 Å². The molecule has 4 rings (SSSR count). The molecule has 142 valence electrons. The van der Waals surface area contributed by atoms with Crippen LogP contribution < -0.4 is 5.32 Å². The maximum atomic E-state index is 13.4. The fourth-order valence-corrected chi connectivity index (χ4v) is 5.28. The van der Waals surface area contributed by atoms with Crippen molar-refractivity contribution in [2.75, 3.05) is 5.32 Å². The largest absolute Gasteiger partial charge is 0.329 e. The molecular weight excluding hydrogens is 360 g/mol. The molecule has 2 aliphatic rings. The van der Waals surface area contributed by atoms with Crippen molar-refractivity contribution in [1.29, 1.82) is 0 Å². The average Bonchev–Trinajstić information content (AvgIpc) is 3.34. The molecule has 2 heterocycles. The van der Waals surface area contributed by atoms with Crippen molar-refractivity contribution in [3.05, 3.63) is 40.9 Å². The van der Waals surface area contributed by atoms with Gasteiger partial charge in [0.2, 0.25) is 11.0 Å². The van der Waals surface area contributed by atoms with Gasteiger partial charge in [-0.3, -0.25) is 14.9 Å². The minimum atomic E-state index is -0.463. The van der Waals surface area contributed by atoms with Crippen LogP contribution in [0.15, 0.2) is 29.8 Å². The van der Waals surface area contributed by atoms with Crippen LogP contribution in [0.3, 0.4) is 0 Å². The first kappa shape index (κ1) is 18.1. The van der Waals surface area contributed by atoms with E-state index in [2.05, 4.69) is 29.4 Å². The normalized spacial score (nSPS) is 21.9. The number of carbonyl (C=O) groups is 2. The molecule has 2 amide bonds. The Balaban J connectivity index is 1.85. The third-order valence-electron chi connectivity index (χ3n) is 6.09. The molecule has 1 aromatic carbocycles. The summed E-state index contributed by atoms with van der Waals surface area (Å²) in [5.74, 6) is -0.435. The summed E-state index contributed by atoms with van der Waals surface area (Å²) >= 11 is 1.30. The smallest absolute Gasteiger partial charge is 0.254 e. The lowest BCUT2D eigenvalue weighted by molar-refractivity contribution is -0.121. The average molecular weight is 385 g/mol. The lowest BCUT2D eigenvalue weighted by atomic mass is 9.70. The second-order valence-corrected chi connectivity index (χ2v) is 8.33. The van der Waals surface area contributed by atoms with Crippen molar-refractivity contribution < 1.29 is 9.59 Å². The molecule has 1 aliphatic carbocycles. The van der Waals surface area contributed by atoms with Gasteiger partial charge in [-0.2, -0.15) is 0 Å². The van der Waals surface area contributed by atoms with E-state index in [-0.39, 0.29) is 17.9 Å². The maximum Gasteiger partial charge on any atom is 0.254 e. The fourth-order valence-electron chi connectivity index (χ4n) is 4.83. The molecule has 1 aromatic heterocycles. The van der Waals surface area contributed by atoms with Gasteiger partial charge in [-0.1, -0.05) is 49.3 Å². The van der Waals surface area contributed by atoms with Gasteiger partial charge in [-0.05, 0) is 37.8 Å². The van der Waals surface area contributed by atoms with Crippen LogP contribution >= 0.6 is 11.3 Å². The number of rotatable bonds is 4. The first-order valence-corrected chi connectivity index (χ1v) is 10.5. The van der Waals surface area contributed by atoms with Gasteiger partial charge in [0.15, 0.2) is 0 Å². The zero-order valence-corrected chi connectivity index (χ0v) is 16.5. The number of nitrogens with zero attached hydrogens (tertiary/aromatic N) is 3. The number of hydrogen-bond acceptors (Lipinski definition) is 5. The van der Waals surface area contributed by atoms with Crippen LogP contribution in [-0.4, -0.2) is 38.5 Å². The Morgan fingerprint density at radius 1 is 1.37 bits per heavy atom. The van der Waals surface area contributed by atoms with Gasteiger partial charge in [-0.15, -0.1) is 10.2 Å². The number of amides is 2. The van der Waals surface area contributed by atoms with Crippen molar-refractivity contribution in [3.8, 4) is 0 Å². The molecular formula is C20H24N4O2S. The second-order valence-electron chi connectivity index (χ2n) is 7.50. The first-order chi connectivity index (χ1) is 13.1. The van der Waals surface area contributed by atoms with Crippen LogP contribution in [0.4, 0.5) is 5.13 Å². The van der Waals surface area contributed by atoms with E-state index in [1.54, 1.807) is 5.51 Å². The molecule has 2 atom stereocenters. The number of benzene rings is 1. The maximum absolute atomic E-state index is 13.4. The third-order valence-corrected chi connectivity index (χ3v) is 6.70. The van der Waals surface area contributed by atoms with Crippen molar-refractivity contribution in [2.24, 2.45) is 0 Å². The van der Waals surface area contributed by atoms with Crippen LogP contribution in [0.1, 0.15) is 67.8 Å². The predicted molar refractivity (Wildman–Crippen MR) is 105 cm³/mol. The highest BCUT2D eigenvalue weighted by Crippen LogP contribution is 2.51. The summed E-state index contributed by atoms with van der Waals surface area (Å²) in [5, 5.41) is 11.2. The van der Waals surface area contributed by atoms with E-state index in [1.165, 1.54) is 11.3 Å².